The average Bonchev–Trinajstić information content (AvgIpc) is 3.04. The first-order chi connectivity index (χ1) is 11.6. The van der Waals surface area contributed by atoms with Crippen LogP contribution in [0.25, 0.3) is 4.96 Å². The summed E-state index contributed by atoms with van der Waals surface area (Å²) in [6, 6.07) is 8.76. The van der Waals surface area contributed by atoms with Crippen LogP contribution in [0.5, 0.6) is 0 Å². The van der Waals surface area contributed by atoms with Crippen molar-refractivity contribution in [2.24, 2.45) is 0 Å². The standard InChI is InChI=1S/C19H21N3OS/c1-12-5-3-4-6-15(12)16-9-17(16)21-18(23)8-7-14-11-24-19-20-13(2)10-22(14)19/h3-6,10-11,16-17H,7-9H2,1-2H3,(H,21,23)/t16-,17-/m0/s1. The number of fused-ring (bicyclic) bond motifs is 1. The van der Waals surface area contributed by atoms with Crippen molar-refractivity contribution in [2.45, 2.75) is 45.1 Å². The molecule has 0 spiro atoms. The van der Waals surface area contributed by atoms with E-state index < -0.39 is 0 Å². The molecular formula is C19H21N3OS. The summed E-state index contributed by atoms with van der Waals surface area (Å²) in [7, 11) is 0. The normalized spacial score (nSPS) is 19.6. The topological polar surface area (TPSA) is 46.4 Å². The largest absolute Gasteiger partial charge is 0.353 e. The molecule has 1 N–H and O–H groups in total. The lowest BCUT2D eigenvalue weighted by molar-refractivity contribution is -0.121. The van der Waals surface area contributed by atoms with E-state index in [2.05, 4.69) is 51.3 Å². The Hall–Kier alpha value is -2.14. The molecule has 0 unspecified atom stereocenters. The van der Waals surface area contributed by atoms with Gasteiger partial charge in [0.2, 0.25) is 5.91 Å². The van der Waals surface area contributed by atoms with Crippen molar-refractivity contribution in [3.05, 3.63) is 58.4 Å². The molecule has 0 saturated heterocycles. The van der Waals surface area contributed by atoms with Gasteiger partial charge in [0.25, 0.3) is 0 Å². The van der Waals surface area contributed by atoms with Gasteiger partial charge >= 0.3 is 0 Å². The number of nitrogens with zero attached hydrogens (tertiary/aromatic N) is 2. The zero-order valence-electron chi connectivity index (χ0n) is 14.0. The third-order valence-corrected chi connectivity index (χ3v) is 5.63. The molecule has 2 heterocycles. The van der Waals surface area contributed by atoms with Crippen LogP contribution in [0.15, 0.2) is 35.8 Å². The first-order valence-electron chi connectivity index (χ1n) is 8.39. The van der Waals surface area contributed by atoms with E-state index in [0.717, 1.165) is 29.2 Å². The van der Waals surface area contributed by atoms with Gasteiger partial charge < -0.3 is 5.32 Å². The van der Waals surface area contributed by atoms with Crippen LogP contribution in [-0.2, 0) is 11.2 Å². The van der Waals surface area contributed by atoms with E-state index in [0.29, 0.717) is 18.4 Å². The molecule has 0 bridgehead atoms. The maximum Gasteiger partial charge on any atom is 0.220 e. The lowest BCUT2D eigenvalue weighted by Gasteiger charge is -2.07. The van der Waals surface area contributed by atoms with Gasteiger partial charge in [-0.1, -0.05) is 24.3 Å². The molecule has 24 heavy (non-hydrogen) atoms. The summed E-state index contributed by atoms with van der Waals surface area (Å²) in [5.74, 6) is 0.631. The van der Waals surface area contributed by atoms with Gasteiger partial charge in [-0.05, 0) is 37.8 Å². The maximum absolute atomic E-state index is 12.3. The molecule has 0 aliphatic heterocycles. The summed E-state index contributed by atoms with van der Waals surface area (Å²) >= 11 is 1.63. The van der Waals surface area contributed by atoms with Gasteiger partial charge in [0.05, 0.1) is 5.69 Å². The second kappa shape index (κ2) is 6.06. The molecule has 124 valence electrons. The second-order valence-electron chi connectivity index (χ2n) is 6.63. The highest BCUT2D eigenvalue weighted by atomic mass is 32.1. The molecule has 1 amide bonds. The van der Waals surface area contributed by atoms with E-state index in [1.165, 1.54) is 11.1 Å². The van der Waals surface area contributed by atoms with Gasteiger partial charge in [0, 0.05) is 35.7 Å². The van der Waals surface area contributed by atoms with Crippen LogP contribution in [0.1, 0.15) is 41.3 Å². The van der Waals surface area contributed by atoms with Crippen LogP contribution in [0.4, 0.5) is 0 Å². The van der Waals surface area contributed by atoms with Crippen LogP contribution < -0.4 is 5.32 Å². The van der Waals surface area contributed by atoms with Crippen molar-refractivity contribution in [3.63, 3.8) is 0 Å². The number of nitrogens with one attached hydrogen (secondary N) is 1. The number of imidazole rings is 1. The Morgan fingerprint density at radius 3 is 3.04 bits per heavy atom. The number of benzene rings is 1. The predicted octanol–water partition coefficient (Wildman–Crippen LogP) is 3.62. The van der Waals surface area contributed by atoms with E-state index in [4.69, 9.17) is 0 Å². The zero-order valence-corrected chi connectivity index (χ0v) is 14.8. The summed E-state index contributed by atoms with van der Waals surface area (Å²) in [5.41, 5.74) is 4.87. The van der Waals surface area contributed by atoms with Gasteiger partial charge in [0.15, 0.2) is 4.96 Å². The predicted molar refractivity (Wildman–Crippen MR) is 96.6 cm³/mol. The Morgan fingerprint density at radius 1 is 1.38 bits per heavy atom. The SMILES string of the molecule is Cc1cn2c(CCC(=O)N[C@H]3C[C@H]3c3ccccc3C)csc2n1. The summed E-state index contributed by atoms with van der Waals surface area (Å²) < 4.78 is 2.10. The Bertz CT molecular complexity index is 895. The number of rotatable bonds is 5. The molecule has 2 atom stereocenters. The summed E-state index contributed by atoms with van der Waals surface area (Å²) in [5, 5.41) is 5.28. The summed E-state index contributed by atoms with van der Waals surface area (Å²) in [6.45, 7) is 4.14. The average molecular weight is 339 g/mol. The molecule has 1 aliphatic carbocycles. The number of aryl methyl sites for hydroxylation is 3. The first kappa shape index (κ1) is 15.4. The van der Waals surface area contributed by atoms with Gasteiger partial charge in [-0.15, -0.1) is 11.3 Å². The lowest BCUT2D eigenvalue weighted by Crippen LogP contribution is -2.26. The molecule has 2 aromatic heterocycles. The van der Waals surface area contributed by atoms with Crippen molar-refractivity contribution < 1.29 is 4.79 Å². The van der Waals surface area contributed by atoms with E-state index in [9.17, 15) is 4.79 Å². The Kier molecular flexibility index (Phi) is 3.88. The monoisotopic (exact) mass is 339 g/mol. The highest BCUT2D eigenvalue weighted by molar-refractivity contribution is 7.15. The van der Waals surface area contributed by atoms with Gasteiger partial charge in [-0.25, -0.2) is 4.98 Å². The minimum Gasteiger partial charge on any atom is -0.353 e. The molecule has 4 nitrogen and oxygen atoms in total. The Labute approximate surface area is 145 Å². The van der Waals surface area contributed by atoms with Gasteiger partial charge in [0.1, 0.15) is 0 Å². The minimum atomic E-state index is 0.146. The number of carbonyl (C=O) groups is 1. The molecule has 1 aliphatic rings. The lowest BCUT2D eigenvalue weighted by atomic mass is 10.0. The van der Waals surface area contributed by atoms with E-state index in [-0.39, 0.29) is 5.91 Å². The van der Waals surface area contributed by atoms with Crippen LogP contribution in [0, 0.1) is 13.8 Å². The van der Waals surface area contributed by atoms with E-state index in [1.807, 2.05) is 13.1 Å². The third-order valence-electron chi connectivity index (χ3n) is 4.74. The number of hydrogen-bond donors (Lipinski definition) is 1. The van der Waals surface area contributed by atoms with Crippen LogP contribution in [-0.4, -0.2) is 21.3 Å². The number of hydrogen-bond acceptors (Lipinski definition) is 3. The summed E-state index contributed by atoms with van der Waals surface area (Å²) in [4.78, 5) is 17.7. The Morgan fingerprint density at radius 2 is 2.21 bits per heavy atom. The highest BCUT2D eigenvalue weighted by Crippen LogP contribution is 2.42. The molecule has 0 radical (unpaired) electrons. The van der Waals surface area contributed by atoms with E-state index in [1.54, 1.807) is 11.3 Å². The number of carbonyl (C=O) groups excluding carboxylic acids is 1. The van der Waals surface area contributed by atoms with Crippen LogP contribution >= 0.6 is 11.3 Å². The van der Waals surface area contributed by atoms with Crippen molar-refractivity contribution >= 4 is 22.2 Å². The van der Waals surface area contributed by atoms with Gasteiger partial charge in [-0.2, -0.15) is 0 Å². The van der Waals surface area contributed by atoms with Crippen LogP contribution in [0.2, 0.25) is 0 Å². The highest BCUT2D eigenvalue weighted by Gasteiger charge is 2.39. The molecule has 1 aromatic carbocycles. The van der Waals surface area contributed by atoms with Crippen molar-refractivity contribution in [1.29, 1.82) is 0 Å². The molecule has 1 fully saturated rings. The second-order valence-corrected chi connectivity index (χ2v) is 7.47. The fourth-order valence-corrected chi connectivity index (χ4v) is 4.30. The molecule has 1 saturated carbocycles. The van der Waals surface area contributed by atoms with E-state index >= 15 is 0 Å². The number of aromatic nitrogens is 2. The molecule has 4 rings (SSSR count). The number of amides is 1. The number of thiazole rings is 1. The Balaban J connectivity index is 1.32. The summed E-state index contributed by atoms with van der Waals surface area (Å²) in [6.07, 6.45) is 4.37. The zero-order chi connectivity index (χ0) is 16.7. The fraction of sp³-hybridized carbons (Fsp3) is 0.368. The quantitative estimate of drug-likeness (QED) is 0.772. The minimum absolute atomic E-state index is 0.146. The van der Waals surface area contributed by atoms with Crippen molar-refractivity contribution in [2.75, 3.05) is 0 Å². The maximum atomic E-state index is 12.3. The smallest absolute Gasteiger partial charge is 0.220 e. The fourth-order valence-electron chi connectivity index (χ4n) is 3.34. The van der Waals surface area contributed by atoms with Crippen molar-refractivity contribution in [1.82, 2.24) is 14.7 Å². The van der Waals surface area contributed by atoms with Gasteiger partial charge in [-0.3, -0.25) is 9.20 Å². The third kappa shape index (κ3) is 2.96. The van der Waals surface area contributed by atoms with Crippen molar-refractivity contribution in [3.8, 4) is 0 Å². The molecule has 3 aromatic rings. The van der Waals surface area contributed by atoms with Crippen LogP contribution in [0.3, 0.4) is 0 Å². The molecular weight excluding hydrogens is 318 g/mol. The molecule has 5 heteroatoms. The first-order valence-corrected chi connectivity index (χ1v) is 9.27.